The van der Waals surface area contributed by atoms with Crippen LogP contribution in [-0.4, -0.2) is 9.49 Å². The molecule has 1 aromatic carbocycles. The Balaban J connectivity index is 2.39. The molecule has 0 bridgehead atoms. The summed E-state index contributed by atoms with van der Waals surface area (Å²) >= 11 is 12.2. The number of hydrogen-bond acceptors (Lipinski definition) is 2. The molecule has 0 amide bonds. The van der Waals surface area contributed by atoms with Gasteiger partial charge in [0.2, 0.25) is 0 Å². The lowest BCUT2D eigenvalue weighted by Gasteiger charge is -2.03. The van der Waals surface area contributed by atoms with Gasteiger partial charge in [-0.15, -0.1) is 0 Å². The van der Waals surface area contributed by atoms with E-state index < -0.39 is 4.92 Å². The summed E-state index contributed by atoms with van der Waals surface area (Å²) in [4.78, 5) is 10.7. The number of nitro benzene ring substituents is 1. The molecule has 0 aliphatic rings. The van der Waals surface area contributed by atoms with Gasteiger partial charge in [-0.2, -0.15) is 0 Å². The van der Waals surface area contributed by atoms with Gasteiger partial charge in [0.15, 0.2) is 0 Å². The zero-order chi connectivity index (χ0) is 15.4. The molecule has 112 valence electrons. The minimum absolute atomic E-state index is 0.104. The highest BCUT2D eigenvalue weighted by Crippen LogP contribution is 2.39. The van der Waals surface area contributed by atoms with Gasteiger partial charge < -0.3 is 4.57 Å². The molecule has 0 atom stereocenters. The normalized spacial score (nSPS) is 10.8. The van der Waals surface area contributed by atoms with Gasteiger partial charge in [-0.05, 0) is 18.6 Å². The second kappa shape index (κ2) is 6.96. The third kappa shape index (κ3) is 3.57. The van der Waals surface area contributed by atoms with E-state index in [-0.39, 0.29) is 10.7 Å². The SMILES string of the molecule is CCCCCn1cc(Cl)c(-c2cccc(Cl)c2[N+](=O)[O-])c1. The monoisotopic (exact) mass is 326 g/mol. The quantitative estimate of drug-likeness (QED) is 0.396. The number of para-hydroxylation sites is 1. The summed E-state index contributed by atoms with van der Waals surface area (Å²) in [6.07, 6.45) is 6.98. The van der Waals surface area contributed by atoms with Crippen molar-refractivity contribution in [2.75, 3.05) is 0 Å². The number of nitrogens with zero attached hydrogens (tertiary/aromatic N) is 2. The third-order valence-electron chi connectivity index (χ3n) is 3.31. The first kappa shape index (κ1) is 15.9. The Morgan fingerprint density at radius 1 is 1.14 bits per heavy atom. The molecule has 0 saturated heterocycles. The van der Waals surface area contributed by atoms with Crippen molar-refractivity contribution in [2.45, 2.75) is 32.7 Å². The maximum atomic E-state index is 11.2. The molecule has 2 rings (SSSR count). The standard InChI is InChI=1S/C15H16Cl2N2O2/c1-2-3-4-8-18-9-12(14(17)10-18)11-6-5-7-13(16)15(11)19(20)21/h5-7,9-10H,2-4,8H2,1H3. The molecule has 0 unspecified atom stereocenters. The highest BCUT2D eigenvalue weighted by molar-refractivity contribution is 6.35. The van der Waals surface area contributed by atoms with Crippen molar-refractivity contribution < 1.29 is 4.92 Å². The summed E-state index contributed by atoms with van der Waals surface area (Å²) in [5, 5.41) is 11.8. The molecule has 0 spiro atoms. The fraction of sp³-hybridized carbons (Fsp3) is 0.333. The number of rotatable bonds is 6. The molecule has 21 heavy (non-hydrogen) atoms. The smallest absolute Gasteiger partial charge is 0.295 e. The molecule has 0 fully saturated rings. The molecule has 0 aliphatic heterocycles. The zero-order valence-electron chi connectivity index (χ0n) is 11.7. The van der Waals surface area contributed by atoms with E-state index in [9.17, 15) is 10.1 Å². The average molecular weight is 327 g/mol. The van der Waals surface area contributed by atoms with Gasteiger partial charge in [0.1, 0.15) is 5.02 Å². The molecule has 1 aromatic heterocycles. The van der Waals surface area contributed by atoms with Crippen molar-refractivity contribution in [1.29, 1.82) is 0 Å². The molecule has 0 N–H and O–H groups in total. The first-order chi connectivity index (χ1) is 10.0. The molecule has 2 aromatic rings. The third-order valence-corrected chi connectivity index (χ3v) is 3.92. The summed E-state index contributed by atoms with van der Waals surface area (Å²) in [5.74, 6) is 0. The Morgan fingerprint density at radius 2 is 1.90 bits per heavy atom. The summed E-state index contributed by atoms with van der Waals surface area (Å²) in [6.45, 7) is 2.99. The van der Waals surface area contributed by atoms with Crippen LogP contribution in [-0.2, 0) is 6.54 Å². The van der Waals surface area contributed by atoms with Crippen LogP contribution in [0.1, 0.15) is 26.2 Å². The first-order valence-corrected chi connectivity index (χ1v) is 7.58. The maximum absolute atomic E-state index is 11.2. The van der Waals surface area contributed by atoms with Crippen LogP contribution in [0.15, 0.2) is 30.6 Å². The zero-order valence-corrected chi connectivity index (χ0v) is 13.2. The Hall–Kier alpha value is -1.52. The van der Waals surface area contributed by atoms with Crippen molar-refractivity contribution in [1.82, 2.24) is 4.57 Å². The Labute approximate surface area is 133 Å². The lowest BCUT2D eigenvalue weighted by atomic mass is 10.1. The van der Waals surface area contributed by atoms with E-state index in [1.807, 2.05) is 10.8 Å². The minimum Gasteiger partial charge on any atom is -0.352 e. The number of unbranched alkanes of at least 4 members (excludes halogenated alkanes) is 2. The van der Waals surface area contributed by atoms with Crippen LogP contribution < -0.4 is 0 Å². The molecular formula is C15H16Cl2N2O2. The second-order valence-electron chi connectivity index (χ2n) is 4.86. The topological polar surface area (TPSA) is 48.1 Å². The lowest BCUT2D eigenvalue weighted by Crippen LogP contribution is -1.94. The number of halogens is 2. The molecule has 0 aliphatic carbocycles. The largest absolute Gasteiger partial charge is 0.352 e. The van der Waals surface area contributed by atoms with E-state index in [4.69, 9.17) is 23.2 Å². The van der Waals surface area contributed by atoms with Gasteiger partial charge in [-0.1, -0.05) is 49.0 Å². The van der Waals surface area contributed by atoms with E-state index >= 15 is 0 Å². The predicted octanol–water partition coefficient (Wildman–Crippen LogP) is 5.56. The number of hydrogen-bond donors (Lipinski definition) is 0. The van der Waals surface area contributed by atoms with Crippen LogP contribution in [0.5, 0.6) is 0 Å². The molecule has 6 heteroatoms. The van der Waals surface area contributed by atoms with Crippen LogP contribution in [0.3, 0.4) is 0 Å². The summed E-state index contributed by atoms with van der Waals surface area (Å²) in [5.41, 5.74) is 0.987. The molecular weight excluding hydrogens is 311 g/mol. The predicted molar refractivity (Wildman–Crippen MR) is 86.1 cm³/mol. The highest BCUT2D eigenvalue weighted by atomic mass is 35.5. The van der Waals surface area contributed by atoms with Crippen LogP contribution >= 0.6 is 23.2 Å². The summed E-state index contributed by atoms with van der Waals surface area (Å²) in [6, 6.07) is 4.87. The molecule has 0 radical (unpaired) electrons. The van der Waals surface area contributed by atoms with Crippen LogP contribution in [0.4, 0.5) is 5.69 Å². The first-order valence-electron chi connectivity index (χ1n) is 6.83. The van der Waals surface area contributed by atoms with Crippen LogP contribution in [0.2, 0.25) is 10.0 Å². The van der Waals surface area contributed by atoms with Gasteiger partial charge in [0, 0.05) is 24.5 Å². The maximum Gasteiger partial charge on any atom is 0.295 e. The number of aromatic nitrogens is 1. The van der Waals surface area contributed by atoms with Crippen molar-refractivity contribution in [3.8, 4) is 11.1 Å². The van der Waals surface area contributed by atoms with Crippen LogP contribution in [0.25, 0.3) is 11.1 Å². The molecule has 4 nitrogen and oxygen atoms in total. The molecule has 1 heterocycles. The van der Waals surface area contributed by atoms with E-state index in [0.29, 0.717) is 16.1 Å². The minimum atomic E-state index is -0.470. The summed E-state index contributed by atoms with van der Waals surface area (Å²) < 4.78 is 1.97. The van der Waals surface area contributed by atoms with Crippen molar-refractivity contribution in [3.05, 3.63) is 50.8 Å². The fourth-order valence-electron chi connectivity index (χ4n) is 2.27. The Kier molecular flexibility index (Phi) is 5.26. The fourth-order valence-corrected chi connectivity index (χ4v) is 2.79. The number of aryl methyl sites for hydroxylation is 1. The number of benzene rings is 1. The van der Waals surface area contributed by atoms with Gasteiger partial charge in [0.05, 0.1) is 15.5 Å². The van der Waals surface area contributed by atoms with E-state index in [2.05, 4.69) is 6.92 Å². The van der Waals surface area contributed by atoms with Crippen molar-refractivity contribution in [2.24, 2.45) is 0 Å². The van der Waals surface area contributed by atoms with E-state index in [1.165, 1.54) is 6.07 Å². The van der Waals surface area contributed by atoms with E-state index in [1.54, 1.807) is 18.3 Å². The van der Waals surface area contributed by atoms with Crippen LogP contribution in [0, 0.1) is 10.1 Å². The Morgan fingerprint density at radius 3 is 2.57 bits per heavy atom. The molecule has 0 saturated carbocycles. The van der Waals surface area contributed by atoms with Gasteiger partial charge in [0.25, 0.3) is 5.69 Å². The lowest BCUT2D eigenvalue weighted by molar-refractivity contribution is -0.384. The highest BCUT2D eigenvalue weighted by Gasteiger charge is 2.22. The van der Waals surface area contributed by atoms with E-state index in [0.717, 1.165) is 25.8 Å². The van der Waals surface area contributed by atoms with Gasteiger partial charge in [-0.25, -0.2) is 0 Å². The second-order valence-corrected chi connectivity index (χ2v) is 5.67. The Bertz CT molecular complexity index is 653. The average Bonchev–Trinajstić information content (AvgIpc) is 2.79. The summed E-state index contributed by atoms with van der Waals surface area (Å²) in [7, 11) is 0. The van der Waals surface area contributed by atoms with Crippen molar-refractivity contribution >= 4 is 28.9 Å². The van der Waals surface area contributed by atoms with Gasteiger partial charge in [-0.3, -0.25) is 10.1 Å². The van der Waals surface area contributed by atoms with Crippen molar-refractivity contribution in [3.63, 3.8) is 0 Å². The number of nitro groups is 1. The van der Waals surface area contributed by atoms with Gasteiger partial charge >= 0.3 is 0 Å².